The number of hydrogen-bond acceptors (Lipinski definition) is 2. The number of rotatable bonds is 4. The number of likely N-dealkylation sites (N-methyl/N-ethyl adjacent to an activating group) is 1. The molecule has 0 spiro atoms. The van der Waals surface area contributed by atoms with Crippen molar-refractivity contribution in [3.8, 4) is 0 Å². The molecule has 4 nitrogen and oxygen atoms in total. The Balaban J connectivity index is 3.09. The van der Waals surface area contributed by atoms with Gasteiger partial charge in [0.25, 0.3) is 0 Å². The molecule has 1 N–H and O–H groups in total. The van der Waals surface area contributed by atoms with Crippen LogP contribution in [0.1, 0.15) is 11.6 Å². The molecule has 0 bridgehead atoms. The lowest BCUT2D eigenvalue weighted by molar-refractivity contribution is -0.145. The van der Waals surface area contributed by atoms with Crippen molar-refractivity contribution in [2.24, 2.45) is 0 Å². The number of carboxylic acid groups (broad SMARTS) is 1. The van der Waals surface area contributed by atoms with Crippen molar-refractivity contribution >= 4 is 24.0 Å². The highest BCUT2D eigenvalue weighted by atomic mass is 35.5. The average molecular weight is 228 g/mol. The van der Waals surface area contributed by atoms with Gasteiger partial charge in [-0.1, -0.05) is 23.7 Å². The van der Waals surface area contributed by atoms with Crippen molar-refractivity contribution in [3.63, 3.8) is 0 Å². The van der Waals surface area contributed by atoms with E-state index in [1.165, 1.54) is 13.1 Å². The summed E-state index contributed by atoms with van der Waals surface area (Å²) in [7, 11) is 1.41. The van der Waals surface area contributed by atoms with Crippen molar-refractivity contribution < 1.29 is 14.7 Å². The summed E-state index contributed by atoms with van der Waals surface area (Å²) < 4.78 is 0. The zero-order valence-corrected chi connectivity index (χ0v) is 8.81. The van der Waals surface area contributed by atoms with E-state index >= 15 is 0 Å². The van der Waals surface area contributed by atoms with Gasteiger partial charge in [-0.2, -0.15) is 0 Å². The van der Waals surface area contributed by atoms with Crippen LogP contribution in [-0.2, 0) is 9.59 Å². The summed E-state index contributed by atoms with van der Waals surface area (Å²) in [5.74, 6) is -1.09. The number of nitrogens with zero attached hydrogens (tertiary/aromatic N) is 1. The molecule has 0 aromatic heterocycles. The Labute approximate surface area is 92.1 Å². The zero-order chi connectivity index (χ0) is 11.4. The average Bonchev–Trinajstić information content (AvgIpc) is 2.17. The number of halogens is 1. The van der Waals surface area contributed by atoms with Crippen LogP contribution in [0.3, 0.4) is 0 Å². The standard InChI is InChI=1S/C10H10ClNO3/c1-12(6-13)9(10(14)15)7-3-2-4-8(11)5-7/h2-6,9H,1H3,(H,14,15). The Morgan fingerprint density at radius 3 is 2.73 bits per heavy atom. The Hall–Kier alpha value is -1.55. The van der Waals surface area contributed by atoms with Crippen LogP contribution in [0.2, 0.25) is 5.02 Å². The number of amides is 1. The van der Waals surface area contributed by atoms with Gasteiger partial charge in [0, 0.05) is 12.1 Å². The number of carboxylic acids is 1. The first-order chi connectivity index (χ1) is 7.06. The van der Waals surface area contributed by atoms with Gasteiger partial charge < -0.3 is 10.0 Å². The van der Waals surface area contributed by atoms with Crippen LogP contribution in [0, 0.1) is 0 Å². The van der Waals surface area contributed by atoms with E-state index < -0.39 is 12.0 Å². The van der Waals surface area contributed by atoms with Crippen LogP contribution in [0.5, 0.6) is 0 Å². The summed E-state index contributed by atoms with van der Waals surface area (Å²) in [4.78, 5) is 22.6. The zero-order valence-electron chi connectivity index (χ0n) is 8.05. The van der Waals surface area contributed by atoms with E-state index in [0.29, 0.717) is 17.0 Å². The summed E-state index contributed by atoms with van der Waals surface area (Å²) in [5, 5.41) is 9.42. The smallest absolute Gasteiger partial charge is 0.331 e. The molecule has 0 aliphatic carbocycles. The van der Waals surface area contributed by atoms with Crippen molar-refractivity contribution in [3.05, 3.63) is 34.9 Å². The number of benzene rings is 1. The van der Waals surface area contributed by atoms with Gasteiger partial charge in [0.05, 0.1) is 0 Å². The van der Waals surface area contributed by atoms with Crippen molar-refractivity contribution in [2.75, 3.05) is 7.05 Å². The molecule has 0 fully saturated rings. The third-order valence-electron chi connectivity index (χ3n) is 1.97. The lowest BCUT2D eigenvalue weighted by Crippen LogP contribution is -2.29. The molecule has 1 amide bonds. The molecule has 1 unspecified atom stereocenters. The molecule has 0 heterocycles. The Morgan fingerprint density at radius 1 is 1.60 bits per heavy atom. The lowest BCUT2D eigenvalue weighted by atomic mass is 10.1. The summed E-state index contributed by atoms with van der Waals surface area (Å²) in [6.45, 7) is 0. The molecular formula is C10H10ClNO3. The predicted octanol–water partition coefficient (Wildman–Crippen LogP) is 1.55. The third-order valence-corrected chi connectivity index (χ3v) is 2.21. The van der Waals surface area contributed by atoms with Crippen LogP contribution in [0.15, 0.2) is 24.3 Å². The Bertz CT molecular complexity index is 381. The molecule has 0 saturated heterocycles. The predicted molar refractivity (Wildman–Crippen MR) is 55.7 cm³/mol. The molecule has 0 radical (unpaired) electrons. The van der Waals surface area contributed by atoms with Crippen LogP contribution < -0.4 is 0 Å². The summed E-state index contributed by atoms with van der Waals surface area (Å²) in [6, 6.07) is 5.43. The van der Waals surface area contributed by atoms with E-state index in [2.05, 4.69) is 0 Å². The molecule has 1 aromatic rings. The fourth-order valence-corrected chi connectivity index (χ4v) is 1.49. The van der Waals surface area contributed by atoms with E-state index in [1.54, 1.807) is 18.2 Å². The van der Waals surface area contributed by atoms with Crippen LogP contribution in [0.4, 0.5) is 0 Å². The minimum atomic E-state index is -1.09. The van der Waals surface area contributed by atoms with Gasteiger partial charge in [-0.05, 0) is 17.7 Å². The topological polar surface area (TPSA) is 57.6 Å². The number of carbonyl (C=O) groups is 2. The first kappa shape index (κ1) is 11.5. The minimum absolute atomic E-state index is 0.443. The molecule has 0 aliphatic rings. The van der Waals surface area contributed by atoms with Crippen molar-refractivity contribution in [2.45, 2.75) is 6.04 Å². The van der Waals surface area contributed by atoms with E-state index in [-0.39, 0.29) is 0 Å². The molecular weight excluding hydrogens is 218 g/mol. The van der Waals surface area contributed by atoms with Gasteiger partial charge >= 0.3 is 5.97 Å². The van der Waals surface area contributed by atoms with Gasteiger partial charge in [0.1, 0.15) is 0 Å². The van der Waals surface area contributed by atoms with E-state index in [1.807, 2.05) is 0 Å². The fraction of sp³-hybridized carbons (Fsp3) is 0.200. The first-order valence-electron chi connectivity index (χ1n) is 4.21. The molecule has 0 aliphatic heterocycles. The fourth-order valence-electron chi connectivity index (χ4n) is 1.29. The normalized spacial score (nSPS) is 11.9. The van der Waals surface area contributed by atoms with E-state index in [9.17, 15) is 9.59 Å². The molecule has 5 heteroatoms. The Morgan fingerprint density at radius 2 is 2.27 bits per heavy atom. The molecule has 1 rings (SSSR count). The van der Waals surface area contributed by atoms with Gasteiger partial charge in [-0.25, -0.2) is 4.79 Å². The van der Waals surface area contributed by atoms with Crippen LogP contribution in [0.25, 0.3) is 0 Å². The molecule has 0 saturated carbocycles. The SMILES string of the molecule is CN(C=O)C(C(=O)O)c1cccc(Cl)c1. The molecule has 1 atom stereocenters. The van der Waals surface area contributed by atoms with Gasteiger partial charge in [-0.15, -0.1) is 0 Å². The monoisotopic (exact) mass is 227 g/mol. The number of hydrogen-bond donors (Lipinski definition) is 1. The number of aliphatic carboxylic acids is 1. The highest BCUT2D eigenvalue weighted by Crippen LogP contribution is 2.21. The molecule has 15 heavy (non-hydrogen) atoms. The lowest BCUT2D eigenvalue weighted by Gasteiger charge is -2.20. The maximum absolute atomic E-state index is 11.0. The van der Waals surface area contributed by atoms with Crippen LogP contribution >= 0.6 is 11.6 Å². The van der Waals surface area contributed by atoms with Crippen LogP contribution in [-0.4, -0.2) is 29.4 Å². The second-order valence-electron chi connectivity index (χ2n) is 3.07. The summed E-state index contributed by atoms with van der Waals surface area (Å²) in [6.07, 6.45) is 0.472. The quantitative estimate of drug-likeness (QED) is 0.794. The highest BCUT2D eigenvalue weighted by Gasteiger charge is 2.23. The maximum Gasteiger partial charge on any atom is 0.331 e. The second kappa shape index (κ2) is 4.79. The molecule has 1 aromatic carbocycles. The van der Waals surface area contributed by atoms with E-state index in [0.717, 1.165) is 4.90 Å². The summed E-state index contributed by atoms with van der Waals surface area (Å²) in [5.41, 5.74) is 0.476. The third kappa shape index (κ3) is 2.70. The molecule has 80 valence electrons. The minimum Gasteiger partial charge on any atom is -0.479 e. The maximum atomic E-state index is 11.0. The van der Waals surface area contributed by atoms with Crippen molar-refractivity contribution in [1.82, 2.24) is 4.90 Å². The van der Waals surface area contributed by atoms with Crippen molar-refractivity contribution in [1.29, 1.82) is 0 Å². The van der Waals surface area contributed by atoms with E-state index in [4.69, 9.17) is 16.7 Å². The number of carbonyl (C=O) groups excluding carboxylic acids is 1. The van der Waals surface area contributed by atoms with Gasteiger partial charge in [0.15, 0.2) is 6.04 Å². The highest BCUT2D eigenvalue weighted by molar-refractivity contribution is 6.30. The van der Waals surface area contributed by atoms with Gasteiger partial charge in [-0.3, -0.25) is 4.79 Å². The summed E-state index contributed by atoms with van der Waals surface area (Å²) >= 11 is 5.74. The van der Waals surface area contributed by atoms with Gasteiger partial charge in [0.2, 0.25) is 6.41 Å². The largest absolute Gasteiger partial charge is 0.479 e. The first-order valence-corrected chi connectivity index (χ1v) is 4.59. The Kier molecular flexibility index (Phi) is 3.68. The second-order valence-corrected chi connectivity index (χ2v) is 3.50.